The quantitative estimate of drug-likeness (QED) is 0.859. The normalized spacial score (nSPS) is 11.6. The van der Waals surface area contributed by atoms with Gasteiger partial charge in [-0.1, -0.05) is 5.16 Å². The number of thiophene rings is 1. The van der Waals surface area contributed by atoms with E-state index in [0.717, 1.165) is 11.3 Å². The standard InChI is InChI=1S/C10H10N2O5S2/c1-6-4-7(12-17-6)5-11-19(15,16)8-2-3-18-9(8)10(13)14/h2-4,11H,5H2,1H3,(H,13,14). The number of rotatable bonds is 5. The molecule has 102 valence electrons. The lowest BCUT2D eigenvalue weighted by molar-refractivity contribution is 0.0698. The molecule has 0 aliphatic heterocycles. The van der Waals surface area contributed by atoms with E-state index in [4.69, 9.17) is 9.63 Å². The smallest absolute Gasteiger partial charge is 0.347 e. The number of nitrogens with zero attached hydrogens (tertiary/aromatic N) is 1. The Morgan fingerprint density at radius 1 is 1.58 bits per heavy atom. The van der Waals surface area contributed by atoms with Crippen molar-refractivity contribution in [2.24, 2.45) is 0 Å². The minimum absolute atomic E-state index is 0.0609. The molecule has 0 saturated heterocycles. The second-order valence-electron chi connectivity index (χ2n) is 3.67. The summed E-state index contributed by atoms with van der Waals surface area (Å²) < 4.78 is 31.0. The SMILES string of the molecule is Cc1cc(CNS(=O)(=O)c2ccsc2C(=O)O)no1. The summed E-state index contributed by atoms with van der Waals surface area (Å²) in [5.41, 5.74) is 0.424. The van der Waals surface area contributed by atoms with Crippen LogP contribution in [0.4, 0.5) is 0 Å². The molecule has 0 saturated carbocycles. The van der Waals surface area contributed by atoms with Gasteiger partial charge in [0.15, 0.2) is 0 Å². The zero-order valence-electron chi connectivity index (χ0n) is 9.78. The maximum atomic E-state index is 12.0. The number of hydrogen-bond acceptors (Lipinski definition) is 6. The van der Waals surface area contributed by atoms with E-state index in [2.05, 4.69) is 9.88 Å². The van der Waals surface area contributed by atoms with Crippen molar-refractivity contribution in [1.29, 1.82) is 0 Å². The van der Waals surface area contributed by atoms with Crippen molar-refractivity contribution < 1.29 is 22.8 Å². The van der Waals surface area contributed by atoms with Crippen LogP contribution in [0.2, 0.25) is 0 Å². The van der Waals surface area contributed by atoms with E-state index in [9.17, 15) is 13.2 Å². The molecule has 2 rings (SSSR count). The highest BCUT2D eigenvalue weighted by atomic mass is 32.2. The van der Waals surface area contributed by atoms with Gasteiger partial charge in [-0.25, -0.2) is 17.9 Å². The Balaban J connectivity index is 2.18. The Labute approximate surface area is 112 Å². The largest absolute Gasteiger partial charge is 0.477 e. The molecule has 2 aromatic heterocycles. The number of carboxylic acids is 1. The Morgan fingerprint density at radius 2 is 2.32 bits per heavy atom. The zero-order valence-corrected chi connectivity index (χ0v) is 11.4. The first kappa shape index (κ1) is 13.7. The summed E-state index contributed by atoms with van der Waals surface area (Å²) in [5, 5.41) is 14.0. The maximum absolute atomic E-state index is 12.0. The predicted molar refractivity (Wildman–Crippen MR) is 66.5 cm³/mol. The lowest BCUT2D eigenvalue weighted by Gasteiger charge is -2.04. The van der Waals surface area contributed by atoms with Crippen LogP contribution in [0.5, 0.6) is 0 Å². The van der Waals surface area contributed by atoms with Crippen LogP contribution in [0.3, 0.4) is 0 Å². The van der Waals surface area contributed by atoms with Crippen molar-refractivity contribution in [2.45, 2.75) is 18.4 Å². The molecule has 0 aromatic carbocycles. The first-order valence-corrected chi connectivity index (χ1v) is 7.49. The van der Waals surface area contributed by atoms with Gasteiger partial charge in [0.1, 0.15) is 15.5 Å². The molecule has 0 spiro atoms. The second-order valence-corrected chi connectivity index (χ2v) is 6.32. The Kier molecular flexibility index (Phi) is 3.69. The summed E-state index contributed by atoms with van der Waals surface area (Å²) in [4.78, 5) is 10.4. The van der Waals surface area contributed by atoms with E-state index in [1.54, 1.807) is 13.0 Å². The summed E-state index contributed by atoms with van der Waals surface area (Å²) in [5.74, 6) is -0.705. The van der Waals surface area contributed by atoms with E-state index in [0.29, 0.717) is 11.5 Å². The average Bonchev–Trinajstić information content (AvgIpc) is 2.94. The van der Waals surface area contributed by atoms with Crippen LogP contribution in [0.25, 0.3) is 0 Å². The molecule has 0 radical (unpaired) electrons. The van der Waals surface area contributed by atoms with Crippen molar-refractivity contribution in [3.63, 3.8) is 0 Å². The van der Waals surface area contributed by atoms with Gasteiger partial charge in [-0.2, -0.15) is 0 Å². The van der Waals surface area contributed by atoms with Gasteiger partial charge in [0.2, 0.25) is 10.0 Å². The third kappa shape index (κ3) is 3.00. The minimum atomic E-state index is -3.88. The third-order valence-corrected chi connectivity index (χ3v) is 4.71. The first-order chi connectivity index (χ1) is 8.90. The van der Waals surface area contributed by atoms with Gasteiger partial charge in [-0.15, -0.1) is 11.3 Å². The van der Waals surface area contributed by atoms with Crippen molar-refractivity contribution in [3.8, 4) is 0 Å². The minimum Gasteiger partial charge on any atom is -0.477 e. The van der Waals surface area contributed by atoms with Crippen LogP contribution in [0.15, 0.2) is 26.9 Å². The third-order valence-electron chi connectivity index (χ3n) is 2.23. The van der Waals surface area contributed by atoms with Gasteiger partial charge in [0, 0.05) is 6.07 Å². The van der Waals surface area contributed by atoms with E-state index in [-0.39, 0.29) is 16.3 Å². The number of nitrogens with one attached hydrogen (secondary N) is 1. The molecule has 2 aromatic rings. The molecule has 2 heterocycles. The Bertz CT molecular complexity index is 701. The van der Waals surface area contributed by atoms with Crippen LogP contribution in [0, 0.1) is 6.92 Å². The molecule has 0 amide bonds. The van der Waals surface area contributed by atoms with E-state index >= 15 is 0 Å². The highest BCUT2D eigenvalue weighted by Crippen LogP contribution is 2.21. The van der Waals surface area contributed by atoms with Crippen LogP contribution < -0.4 is 4.72 Å². The molecular weight excluding hydrogens is 292 g/mol. The predicted octanol–water partition coefficient (Wildman–Crippen LogP) is 1.22. The summed E-state index contributed by atoms with van der Waals surface area (Å²) in [6.07, 6.45) is 0. The summed E-state index contributed by atoms with van der Waals surface area (Å²) in [6, 6.07) is 2.85. The lowest BCUT2D eigenvalue weighted by atomic mass is 10.4. The van der Waals surface area contributed by atoms with Crippen molar-refractivity contribution in [2.75, 3.05) is 0 Å². The molecule has 9 heteroatoms. The number of carbonyl (C=O) groups is 1. The van der Waals surface area contributed by atoms with Gasteiger partial charge in [-0.05, 0) is 18.4 Å². The average molecular weight is 302 g/mol. The van der Waals surface area contributed by atoms with Crippen LogP contribution in [-0.4, -0.2) is 24.7 Å². The molecule has 2 N–H and O–H groups in total. The molecular formula is C10H10N2O5S2. The fourth-order valence-electron chi connectivity index (χ4n) is 1.41. The van der Waals surface area contributed by atoms with Gasteiger partial charge < -0.3 is 9.63 Å². The molecule has 0 aliphatic rings. The summed E-state index contributed by atoms with van der Waals surface area (Å²) in [7, 11) is -3.88. The van der Waals surface area contributed by atoms with Crippen molar-refractivity contribution in [3.05, 3.63) is 33.8 Å². The molecule has 0 aliphatic carbocycles. The first-order valence-electron chi connectivity index (χ1n) is 5.13. The molecule has 7 nitrogen and oxygen atoms in total. The number of sulfonamides is 1. The molecule has 0 fully saturated rings. The van der Waals surface area contributed by atoms with Crippen LogP contribution in [-0.2, 0) is 16.6 Å². The van der Waals surface area contributed by atoms with Gasteiger partial charge in [0.25, 0.3) is 0 Å². The fraction of sp³-hybridized carbons (Fsp3) is 0.200. The maximum Gasteiger partial charge on any atom is 0.347 e. The van der Waals surface area contributed by atoms with Crippen molar-refractivity contribution in [1.82, 2.24) is 9.88 Å². The number of aromatic carboxylic acids is 1. The molecule has 0 atom stereocenters. The Morgan fingerprint density at radius 3 is 2.89 bits per heavy atom. The molecule has 0 unspecified atom stereocenters. The van der Waals surface area contributed by atoms with E-state index in [1.807, 2.05) is 0 Å². The zero-order chi connectivity index (χ0) is 14.0. The fourth-order valence-corrected chi connectivity index (χ4v) is 3.67. The van der Waals surface area contributed by atoms with Crippen LogP contribution in [0.1, 0.15) is 21.1 Å². The van der Waals surface area contributed by atoms with E-state index in [1.165, 1.54) is 11.4 Å². The second kappa shape index (κ2) is 5.11. The number of aryl methyl sites for hydroxylation is 1. The van der Waals surface area contributed by atoms with Crippen molar-refractivity contribution >= 4 is 27.3 Å². The van der Waals surface area contributed by atoms with Gasteiger partial charge in [0.05, 0.1) is 12.2 Å². The highest BCUT2D eigenvalue weighted by Gasteiger charge is 2.23. The number of aromatic nitrogens is 1. The Hall–Kier alpha value is -1.71. The summed E-state index contributed by atoms with van der Waals surface area (Å²) in [6.45, 7) is 1.63. The molecule has 0 bridgehead atoms. The number of carboxylic acid groups (broad SMARTS) is 1. The topological polar surface area (TPSA) is 110 Å². The van der Waals surface area contributed by atoms with Crippen LogP contribution >= 0.6 is 11.3 Å². The van der Waals surface area contributed by atoms with Gasteiger partial charge >= 0.3 is 5.97 Å². The highest BCUT2D eigenvalue weighted by molar-refractivity contribution is 7.89. The lowest BCUT2D eigenvalue weighted by Crippen LogP contribution is -2.24. The van der Waals surface area contributed by atoms with Gasteiger partial charge in [-0.3, -0.25) is 0 Å². The summed E-state index contributed by atoms with van der Waals surface area (Å²) >= 11 is 0.857. The van der Waals surface area contributed by atoms with E-state index < -0.39 is 16.0 Å². The monoisotopic (exact) mass is 302 g/mol. The number of hydrogen-bond donors (Lipinski definition) is 2. The molecule has 19 heavy (non-hydrogen) atoms.